The third-order valence-electron chi connectivity index (χ3n) is 2.64. The molecule has 0 spiro atoms. The lowest BCUT2D eigenvalue weighted by molar-refractivity contribution is 0.0784. The van der Waals surface area contributed by atoms with Crippen LogP contribution in [0.25, 0.3) is 0 Å². The molecule has 1 N–H and O–H groups in total. The van der Waals surface area contributed by atoms with Gasteiger partial charge in [0, 0.05) is 20.6 Å². The maximum atomic E-state index is 12.2. The molecular weight excluding hydrogens is 274 g/mol. The van der Waals surface area contributed by atoms with E-state index in [4.69, 9.17) is 5.26 Å². The Balaban J connectivity index is 2.09. The molecule has 0 aliphatic carbocycles. The molecule has 1 aromatic heterocycles. The molecule has 1 aromatic carbocycles. The number of hydrogen-bond acceptors (Lipinski definition) is 6. The lowest BCUT2D eigenvalue weighted by Gasteiger charge is -2.15. The zero-order valence-corrected chi connectivity index (χ0v) is 11.9. The van der Waals surface area contributed by atoms with E-state index in [1.165, 1.54) is 11.3 Å². The highest BCUT2D eigenvalue weighted by molar-refractivity contribution is 7.17. The molecule has 7 heteroatoms. The molecule has 0 saturated heterocycles. The molecule has 0 unspecified atom stereocenters. The highest BCUT2D eigenvalue weighted by atomic mass is 32.1. The van der Waals surface area contributed by atoms with Crippen LogP contribution < -0.4 is 5.32 Å². The van der Waals surface area contributed by atoms with Crippen molar-refractivity contribution in [2.75, 3.05) is 19.4 Å². The molecule has 20 heavy (non-hydrogen) atoms. The van der Waals surface area contributed by atoms with E-state index in [0.29, 0.717) is 22.2 Å². The van der Waals surface area contributed by atoms with E-state index < -0.39 is 0 Å². The Morgan fingerprint density at radius 3 is 2.95 bits per heavy atom. The van der Waals surface area contributed by atoms with E-state index >= 15 is 0 Å². The lowest BCUT2D eigenvalue weighted by atomic mass is 10.1. The van der Waals surface area contributed by atoms with Crippen molar-refractivity contribution in [3.63, 3.8) is 0 Å². The van der Waals surface area contributed by atoms with Gasteiger partial charge >= 0.3 is 0 Å². The van der Waals surface area contributed by atoms with Crippen LogP contribution in [0.5, 0.6) is 0 Å². The molecule has 0 aliphatic heterocycles. The topological polar surface area (TPSA) is 81.9 Å². The smallest absolute Gasteiger partial charge is 0.284 e. The summed E-state index contributed by atoms with van der Waals surface area (Å²) < 4.78 is 0. The van der Waals surface area contributed by atoms with Gasteiger partial charge in [-0.25, -0.2) is 0 Å². The standard InChI is InChI=1S/C13H13N5OS/c1-15-13-17-16-11(20-13)12(19)18(2)8-10-5-3-4-9(6-10)7-14/h3-6H,8H2,1-2H3,(H,15,17). The third-order valence-corrected chi connectivity index (χ3v) is 3.57. The predicted octanol–water partition coefficient (Wildman–Crippen LogP) is 1.72. The van der Waals surface area contributed by atoms with Crippen molar-refractivity contribution in [1.82, 2.24) is 15.1 Å². The Morgan fingerprint density at radius 1 is 1.50 bits per heavy atom. The molecule has 102 valence electrons. The second-order valence-electron chi connectivity index (χ2n) is 4.14. The van der Waals surface area contributed by atoms with Crippen LogP contribution in [0, 0.1) is 11.3 Å². The number of carbonyl (C=O) groups is 1. The number of rotatable bonds is 4. The van der Waals surface area contributed by atoms with Crippen LogP contribution in [-0.2, 0) is 6.54 Å². The van der Waals surface area contributed by atoms with E-state index in [1.54, 1.807) is 37.2 Å². The first-order valence-electron chi connectivity index (χ1n) is 5.90. The number of anilines is 1. The second kappa shape index (κ2) is 6.12. The van der Waals surface area contributed by atoms with Crippen LogP contribution in [0.1, 0.15) is 20.9 Å². The Bertz CT molecular complexity index is 661. The molecule has 1 heterocycles. The molecule has 2 rings (SSSR count). The first-order chi connectivity index (χ1) is 9.63. The average Bonchev–Trinajstić information content (AvgIpc) is 2.95. The summed E-state index contributed by atoms with van der Waals surface area (Å²) in [6, 6.07) is 9.26. The van der Waals surface area contributed by atoms with Gasteiger partial charge in [-0.05, 0) is 17.7 Å². The quantitative estimate of drug-likeness (QED) is 0.926. The van der Waals surface area contributed by atoms with E-state index in [1.807, 2.05) is 6.07 Å². The van der Waals surface area contributed by atoms with E-state index in [-0.39, 0.29) is 5.91 Å². The van der Waals surface area contributed by atoms with E-state index in [2.05, 4.69) is 21.6 Å². The van der Waals surface area contributed by atoms with Gasteiger partial charge in [0.2, 0.25) is 10.1 Å². The van der Waals surface area contributed by atoms with Crippen molar-refractivity contribution in [2.45, 2.75) is 6.54 Å². The molecule has 0 aliphatic rings. The van der Waals surface area contributed by atoms with Gasteiger partial charge in [-0.1, -0.05) is 23.5 Å². The van der Waals surface area contributed by atoms with Gasteiger partial charge in [0.25, 0.3) is 5.91 Å². The fraction of sp³-hybridized carbons (Fsp3) is 0.231. The summed E-state index contributed by atoms with van der Waals surface area (Å²) in [5, 5.41) is 20.3. The first kappa shape index (κ1) is 14.0. The van der Waals surface area contributed by atoms with Gasteiger partial charge < -0.3 is 10.2 Å². The number of carbonyl (C=O) groups excluding carboxylic acids is 1. The van der Waals surface area contributed by atoms with Crippen molar-refractivity contribution in [3.05, 3.63) is 40.4 Å². The Labute approximate surface area is 120 Å². The third kappa shape index (κ3) is 3.10. The Hall–Kier alpha value is -2.46. The predicted molar refractivity (Wildman–Crippen MR) is 76.4 cm³/mol. The minimum absolute atomic E-state index is 0.189. The van der Waals surface area contributed by atoms with Crippen molar-refractivity contribution >= 4 is 22.4 Å². The van der Waals surface area contributed by atoms with Crippen molar-refractivity contribution in [1.29, 1.82) is 5.26 Å². The second-order valence-corrected chi connectivity index (χ2v) is 5.11. The molecule has 1 amide bonds. The number of nitrogens with one attached hydrogen (secondary N) is 1. The summed E-state index contributed by atoms with van der Waals surface area (Å²) in [5.74, 6) is -0.189. The number of nitrogens with zero attached hydrogens (tertiary/aromatic N) is 4. The van der Waals surface area contributed by atoms with Gasteiger partial charge in [0.05, 0.1) is 11.6 Å². The molecule has 0 atom stereocenters. The minimum atomic E-state index is -0.189. The first-order valence-corrected chi connectivity index (χ1v) is 6.71. The maximum absolute atomic E-state index is 12.2. The number of benzene rings is 1. The maximum Gasteiger partial charge on any atom is 0.284 e. The van der Waals surface area contributed by atoms with E-state index in [9.17, 15) is 4.79 Å². The molecule has 0 saturated carbocycles. The normalized spacial score (nSPS) is 9.85. The molecular formula is C13H13N5OS. The van der Waals surface area contributed by atoms with Gasteiger partial charge in [-0.3, -0.25) is 4.79 Å². The van der Waals surface area contributed by atoms with Crippen molar-refractivity contribution in [2.24, 2.45) is 0 Å². The summed E-state index contributed by atoms with van der Waals surface area (Å²) in [6.07, 6.45) is 0. The summed E-state index contributed by atoms with van der Waals surface area (Å²) >= 11 is 1.21. The summed E-state index contributed by atoms with van der Waals surface area (Å²) in [4.78, 5) is 13.7. The minimum Gasteiger partial charge on any atom is -0.363 e. The molecule has 6 nitrogen and oxygen atoms in total. The molecule has 0 bridgehead atoms. The van der Waals surface area contributed by atoms with Crippen LogP contribution in [0.3, 0.4) is 0 Å². The number of amides is 1. The van der Waals surface area contributed by atoms with Crippen LogP contribution in [0.15, 0.2) is 24.3 Å². The Morgan fingerprint density at radius 2 is 2.30 bits per heavy atom. The summed E-state index contributed by atoms with van der Waals surface area (Å²) in [7, 11) is 3.42. The monoisotopic (exact) mass is 287 g/mol. The van der Waals surface area contributed by atoms with E-state index in [0.717, 1.165) is 5.56 Å². The van der Waals surface area contributed by atoms with Crippen LogP contribution >= 0.6 is 11.3 Å². The fourth-order valence-electron chi connectivity index (χ4n) is 1.66. The highest BCUT2D eigenvalue weighted by Gasteiger charge is 2.17. The highest BCUT2D eigenvalue weighted by Crippen LogP contribution is 2.17. The number of nitriles is 1. The summed E-state index contributed by atoms with van der Waals surface area (Å²) in [5.41, 5.74) is 1.48. The average molecular weight is 287 g/mol. The molecule has 0 fully saturated rings. The zero-order valence-electron chi connectivity index (χ0n) is 11.1. The SMILES string of the molecule is CNc1nnc(C(=O)N(C)Cc2cccc(C#N)c2)s1. The summed E-state index contributed by atoms with van der Waals surface area (Å²) in [6.45, 7) is 0.419. The van der Waals surface area contributed by atoms with Gasteiger partial charge in [-0.2, -0.15) is 5.26 Å². The van der Waals surface area contributed by atoms with Gasteiger partial charge in [-0.15, -0.1) is 10.2 Å². The Kier molecular flexibility index (Phi) is 4.27. The fourth-order valence-corrected chi connectivity index (χ4v) is 2.35. The van der Waals surface area contributed by atoms with Crippen LogP contribution in [-0.4, -0.2) is 35.1 Å². The van der Waals surface area contributed by atoms with Crippen LogP contribution in [0.4, 0.5) is 5.13 Å². The molecule has 0 radical (unpaired) electrons. The zero-order chi connectivity index (χ0) is 14.5. The van der Waals surface area contributed by atoms with Gasteiger partial charge in [0.1, 0.15) is 0 Å². The molecule has 2 aromatic rings. The number of aromatic nitrogens is 2. The van der Waals surface area contributed by atoms with Crippen molar-refractivity contribution < 1.29 is 4.79 Å². The van der Waals surface area contributed by atoms with Crippen molar-refractivity contribution in [3.8, 4) is 6.07 Å². The van der Waals surface area contributed by atoms with Gasteiger partial charge in [0.15, 0.2) is 0 Å². The largest absolute Gasteiger partial charge is 0.363 e. The van der Waals surface area contributed by atoms with Crippen LogP contribution in [0.2, 0.25) is 0 Å². The number of hydrogen-bond donors (Lipinski definition) is 1. The lowest BCUT2D eigenvalue weighted by Crippen LogP contribution is -2.26.